The predicted molar refractivity (Wildman–Crippen MR) is 86.5 cm³/mol. The van der Waals surface area contributed by atoms with Gasteiger partial charge in [0.1, 0.15) is 12.2 Å². The highest BCUT2D eigenvalue weighted by Crippen LogP contribution is 2.20. The number of thioether (sulfide) groups is 1. The number of likely N-dealkylation sites (tertiary alicyclic amines) is 1. The van der Waals surface area contributed by atoms with E-state index in [0.29, 0.717) is 18.2 Å². The van der Waals surface area contributed by atoms with Crippen molar-refractivity contribution in [2.75, 3.05) is 18.8 Å². The SMILES string of the molecule is Cn1nnnc1SCC(=O)N1CCCC(Oc2nccnc2C#N)C1. The molecule has 25 heavy (non-hydrogen) atoms. The quantitative estimate of drug-likeness (QED) is 0.679. The second-order valence-corrected chi connectivity index (χ2v) is 6.36. The lowest BCUT2D eigenvalue weighted by atomic mass is 10.1. The Balaban J connectivity index is 1.56. The Bertz CT molecular complexity index is 789. The number of aromatic nitrogens is 6. The molecule has 0 aromatic carbocycles. The molecule has 0 spiro atoms. The fraction of sp³-hybridized carbons (Fsp3) is 0.500. The summed E-state index contributed by atoms with van der Waals surface area (Å²) in [4.78, 5) is 22.2. The minimum absolute atomic E-state index is 0.000882. The zero-order valence-electron chi connectivity index (χ0n) is 13.6. The van der Waals surface area contributed by atoms with Gasteiger partial charge in [-0.3, -0.25) is 4.79 Å². The molecular weight excluding hydrogens is 344 g/mol. The summed E-state index contributed by atoms with van der Waals surface area (Å²) in [6.45, 7) is 1.14. The van der Waals surface area contributed by atoms with Gasteiger partial charge in [0.25, 0.3) is 5.88 Å². The van der Waals surface area contributed by atoms with Crippen LogP contribution in [0.1, 0.15) is 18.5 Å². The Morgan fingerprint density at radius 1 is 1.48 bits per heavy atom. The van der Waals surface area contributed by atoms with Gasteiger partial charge >= 0.3 is 0 Å². The van der Waals surface area contributed by atoms with Crippen LogP contribution in [-0.4, -0.2) is 65.9 Å². The highest BCUT2D eigenvalue weighted by molar-refractivity contribution is 7.99. The van der Waals surface area contributed by atoms with Gasteiger partial charge in [0.15, 0.2) is 0 Å². The van der Waals surface area contributed by atoms with Crippen molar-refractivity contribution >= 4 is 17.7 Å². The second-order valence-electron chi connectivity index (χ2n) is 5.42. The van der Waals surface area contributed by atoms with Crippen molar-refractivity contribution in [3.8, 4) is 11.9 Å². The maximum absolute atomic E-state index is 12.4. The van der Waals surface area contributed by atoms with Crippen molar-refractivity contribution in [1.82, 2.24) is 35.1 Å². The van der Waals surface area contributed by atoms with E-state index in [9.17, 15) is 4.79 Å². The van der Waals surface area contributed by atoms with Gasteiger partial charge in [0.2, 0.25) is 16.8 Å². The molecule has 0 bridgehead atoms. The molecule has 1 unspecified atom stereocenters. The molecule has 3 rings (SSSR count). The third-order valence-corrected chi connectivity index (χ3v) is 4.68. The molecule has 3 heterocycles. The Labute approximate surface area is 148 Å². The van der Waals surface area contributed by atoms with Crippen LogP contribution in [0.15, 0.2) is 17.6 Å². The van der Waals surface area contributed by atoms with Crippen molar-refractivity contribution in [2.24, 2.45) is 7.05 Å². The zero-order chi connectivity index (χ0) is 17.6. The highest BCUT2D eigenvalue weighted by atomic mass is 32.2. The molecule has 1 amide bonds. The summed E-state index contributed by atoms with van der Waals surface area (Å²) >= 11 is 1.30. The van der Waals surface area contributed by atoms with Crippen LogP contribution < -0.4 is 4.74 Å². The van der Waals surface area contributed by atoms with Crippen LogP contribution in [0, 0.1) is 11.3 Å². The maximum Gasteiger partial charge on any atom is 0.251 e. The first-order valence-electron chi connectivity index (χ1n) is 7.68. The molecule has 0 radical (unpaired) electrons. The number of tetrazole rings is 1. The van der Waals surface area contributed by atoms with Gasteiger partial charge in [-0.15, -0.1) is 5.10 Å². The van der Waals surface area contributed by atoms with Gasteiger partial charge in [-0.05, 0) is 23.3 Å². The number of ether oxygens (including phenoxy) is 1. The third kappa shape index (κ3) is 4.21. The summed E-state index contributed by atoms with van der Waals surface area (Å²) < 4.78 is 7.32. The van der Waals surface area contributed by atoms with Crippen molar-refractivity contribution < 1.29 is 9.53 Å². The van der Waals surface area contributed by atoms with Crippen molar-refractivity contribution in [3.63, 3.8) is 0 Å². The van der Waals surface area contributed by atoms with Gasteiger partial charge in [0, 0.05) is 26.0 Å². The summed E-state index contributed by atoms with van der Waals surface area (Å²) in [5.74, 6) is 0.472. The summed E-state index contributed by atoms with van der Waals surface area (Å²) in [6.07, 6.45) is 4.34. The molecule has 2 aromatic heterocycles. The smallest absolute Gasteiger partial charge is 0.251 e. The zero-order valence-corrected chi connectivity index (χ0v) is 14.4. The monoisotopic (exact) mass is 360 g/mol. The Morgan fingerprint density at radius 2 is 2.32 bits per heavy atom. The predicted octanol–water partition coefficient (Wildman–Crippen LogP) is 0.0339. The van der Waals surface area contributed by atoms with Gasteiger partial charge in [-0.1, -0.05) is 11.8 Å². The van der Waals surface area contributed by atoms with Crippen LogP contribution in [0.5, 0.6) is 5.88 Å². The molecule has 0 saturated carbocycles. The number of nitriles is 1. The van der Waals surface area contributed by atoms with E-state index >= 15 is 0 Å². The molecule has 1 saturated heterocycles. The van der Waals surface area contributed by atoms with E-state index in [2.05, 4.69) is 25.5 Å². The van der Waals surface area contributed by atoms with Gasteiger partial charge in [-0.2, -0.15) is 5.26 Å². The number of rotatable bonds is 5. The molecule has 130 valence electrons. The van der Waals surface area contributed by atoms with E-state index in [1.54, 1.807) is 11.9 Å². The van der Waals surface area contributed by atoms with Crippen LogP contribution >= 0.6 is 11.8 Å². The molecule has 0 aliphatic carbocycles. The average Bonchev–Trinajstić information content (AvgIpc) is 3.05. The van der Waals surface area contributed by atoms with Crippen molar-refractivity contribution in [1.29, 1.82) is 5.26 Å². The van der Waals surface area contributed by atoms with Gasteiger partial charge in [-0.25, -0.2) is 14.6 Å². The molecular formula is C14H16N8O2S. The first-order valence-corrected chi connectivity index (χ1v) is 8.66. The van der Waals surface area contributed by atoms with Gasteiger partial charge in [0.05, 0.1) is 12.3 Å². The average molecular weight is 360 g/mol. The molecule has 10 nitrogen and oxygen atoms in total. The topological polar surface area (TPSA) is 123 Å². The molecule has 1 aliphatic rings. The minimum atomic E-state index is -0.206. The number of piperidine rings is 1. The second kappa shape index (κ2) is 7.89. The lowest BCUT2D eigenvalue weighted by Gasteiger charge is -2.32. The number of aryl methyl sites for hydroxylation is 1. The molecule has 11 heteroatoms. The van der Waals surface area contributed by atoms with Crippen LogP contribution in [0.3, 0.4) is 0 Å². The number of carbonyl (C=O) groups is 1. The molecule has 1 aliphatic heterocycles. The largest absolute Gasteiger partial charge is 0.470 e. The summed E-state index contributed by atoms with van der Waals surface area (Å²) in [5.41, 5.74) is 0.149. The third-order valence-electron chi connectivity index (χ3n) is 3.69. The summed E-state index contributed by atoms with van der Waals surface area (Å²) in [5, 5.41) is 20.8. The number of amides is 1. The van der Waals surface area contributed by atoms with E-state index in [-0.39, 0.29) is 29.3 Å². The van der Waals surface area contributed by atoms with E-state index < -0.39 is 0 Å². The number of hydrogen-bond acceptors (Lipinski definition) is 9. The Morgan fingerprint density at radius 3 is 3.08 bits per heavy atom. The fourth-order valence-corrected chi connectivity index (χ4v) is 3.22. The standard InChI is InChI=1S/C14H16N8O2S/c1-21-14(18-19-20-21)25-9-12(23)22-6-2-3-10(8-22)24-13-11(7-15)16-4-5-17-13/h4-5,10H,2-3,6,8-9H2,1H3. The minimum Gasteiger partial charge on any atom is -0.470 e. The number of carbonyl (C=O) groups excluding carboxylic acids is 1. The highest BCUT2D eigenvalue weighted by Gasteiger charge is 2.26. The first kappa shape index (κ1) is 17.1. The Hall–Kier alpha value is -2.74. The molecule has 1 atom stereocenters. The van der Waals surface area contributed by atoms with E-state index in [4.69, 9.17) is 10.00 Å². The summed E-state index contributed by atoms with van der Waals surface area (Å²) in [6, 6.07) is 1.96. The molecule has 1 fully saturated rings. The van der Waals surface area contributed by atoms with E-state index in [0.717, 1.165) is 12.8 Å². The lowest BCUT2D eigenvalue weighted by Crippen LogP contribution is -2.45. The van der Waals surface area contributed by atoms with Gasteiger partial charge < -0.3 is 9.64 Å². The fourth-order valence-electron chi connectivity index (χ4n) is 2.47. The molecule has 0 N–H and O–H groups in total. The first-order chi connectivity index (χ1) is 12.2. The van der Waals surface area contributed by atoms with Crippen LogP contribution in [0.2, 0.25) is 0 Å². The molecule has 2 aromatic rings. The maximum atomic E-state index is 12.4. The lowest BCUT2D eigenvalue weighted by molar-refractivity contribution is -0.130. The van der Waals surface area contributed by atoms with Crippen molar-refractivity contribution in [3.05, 3.63) is 18.1 Å². The summed E-state index contributed by atoms with van der Waals surface area (Å²) in [7, 11) is 1.73. The Kier molecular flexibility index (Phi) is 5.39. The normalized spacial score (nSPS) is 17.1. The van der Waals surface area contributed by atoms with Crippen LogP contribution in [-0.2, 0) is 11.8 Å². The van der Waals surface area contributed by atoms with E-state index in [1.807, 2.05) is 6.07 Å². The van der Waals surface area contributed by atoms with Crippen LogP contribution in [0.25, 0.3) is 0 Å². The van der Waals surface area contributed by atoms with Crippen molar-refractivity contribution in [2.45, 2.75) is 24.1 Å². The van der Waals surface area contributed by atoms with E-state index in [1.165, 1.54) is 28.8 Å². The van der Waals surface area contributed by atoms with Crippen LogP contribution in [0.4, 0.5) is 0 Å². The number of nitrogens with zero attached hydrogens (tertiary/aromatic N) is 8. The number of hydrogen-bond donors (Lipinski definition) is 0.